The summed E-state index contributed by atoms with van der Waals surface area (Å²) in [5.74, 6) is 0.637. The molecular formula is C27H28N2O6. The average molecular weight is 477 g/mol. The molecule has 8 heteroatoms. The van der Waals surface area contributed by atoms with E-state index in [1.807, 2.05) is 37.3 Å². The second-order valence-corrected chi connectivity index (χ2v) is 7.49. The fourth-order valence-electron chi connectivity index (χ4n) is 3.20. The van der Waals surface area contributed by atoms with Crippen LogP contribution in [0.2, 0.25) is 0 Å². The fraction of sp³-hybridized carbons (Fsp3) is 0.222. The van der Waals surface area contributed by atoms with E-state index in [0.717, 1.165) is 16.9 Å². The van der Waals surface area contributed by atoms with E-state index in [-0.39, 0.29) is 30.6 Å². The Morgan fingerprint density at radius 1 is 0.800 bits per heavy atom. The monoisotopic (exact) mass is 476 g/mol. The molecule has 0 radical (unpaired) electrons. The summed E-state index contributed by atoms with van der Waals surface area (Å²) in [6.45, 7) is 4.74. The summed E-state index contributed by atoms with van der Waals surface area (Å²) in [7, 11) is 0. The standard InChI is InChI=1S/C27H28N2O6/c1-3-33-23-12-8-19(9-13-23)17-25(30)28-18-20-6-5-7-22(16-20)29-26(31)21-10-14-24(15-11-21)35-27(32)34-4-2/h5-16H,3-4,17-18H2,1-2H3,(H,28,30)(H,29,31). The van der Waals surface area contributed by atoms with Crippen LogP contribution in [0.5, 0.6) is 11.5 Å². The predicted molar refractivity (Wildman–Crippen MR) is 132 cm³/mol. The summed E-state index contributed by atoms with van der Waals surface area (Å²) in [6.07, 6.45) is -0.535. The molecule has 8 nitrogen and oxygen atoms in total. The number of nitrogens with one attached hydrogen (secondary N) is 2. The van der Waals surface area contributed by atoms with Crippen molar-refractivity contribution in [3.05, 3.63) is 89.5 Å². The molecule has 0 unspecified atom stereocenters. The van der Waals surface area contributed by atoms with E-state index in [9.17, 15) is 14.4 Å². The zero-order valence-electron chi connectivity index (χ0n) is 19.7. The lowest BCUT2D eigenvalue weighted by molar-refractivity contribution is -0.120. The maximum Gasteiger partial charge on any atom is 0.513 e. The molecule has 0 aromatic heterocycles. The van der Waals surface area contributed by atoms with Gasteiger partial charge in [-0.25, -0.2) is 4.79 Å². The molecule has 0 saturated carbocycles. The number of hydrogen-bond acceptors (Lipinski definition) is 6. The molecule has 0 saturated heterocycles. The van der Waals surface area contributed by atoms with Crippen molar-refractivity contribution in [2.45, 2.75) is 26.8 Å². The van der Waals surface area contributed by atoms with Gasteiger partial charge < -0.3 is 24.8 Å². The van der Waals surface area contributed by atoms with Crippen LogP contribution in [0.3, 0.4) is 0 Å². The summed E-state index contributed by atoms with van der Waals surface area (Å²) in [4.78, 5) is 36.3. The number of amides is 2. The normalized spacial score (nSPS) is 10.2. The first-order valence-corrected chi connectivity index (χ1v) is 11.3. The Morgan fingerprint density at radius 2 is 1.51 bits per heavy atom. The molecule has 0 aliphatic heterocycles. The highest BCUT2D eigenvalue weighted by Crippen LogP contribution is 2.16. The number of carbonyl (C=O) groups is 3. The first-order chi connectivity index (χ1) is 17.0. The quantitative estimate of drug-likeness (QED) is 0.324. The van der Waals surface area contributed by atoms with Crippen molar-refractivity contribution in [2.75, 3.05) is 18.5 Å². The van der Waals surface area contributed by atoms with E-state index < -0.39 is 6.16 Å². The SMILES string of the molecule is CCOC(=O)Oc1ccc(C(=O)Nc2cccc(CNC(=O)Cc3ccc(OCC)cc3)c2)cc1. The van der Waals surface area contributed by atoms with Crippen molar-refractivity contribution in [3.8, 4) is 11.5 Å². The van der Waals surface area contributed by atoms with E-state index in [4.69, 9.17) is 14.2 Å². The van der Waals surface area contributed by atoms with Gasteiger partial charge in [0.1, 0.15) is 11.5 Å². The van der Waals surface area contributed by atoms with Crippen molar-refractivity contribution < 1.29 is 28.6 Å². The third kappa shape index (κ3) is 8.19. The van der Waals surface area contributed by atoms with Gasteiger partial charge in [-0.1, -0.05) is 24.3 Å². The molecule has 0 atom stereocenters. The van der Waals surface area contributed by atoms with Gasteiger partial charge in [0.2, 0.25) is 5.91 Å². The Kier molecular flexibility index (Phi) is 9.24. The average Bonchev–Trinajstić information content (AvgIpc) is 2.85. The highest BCUT2D eigenvalue weighted by atomic mass is 16.7. The Hall–Kier alpha value is -4.33. The minimum Gasteiger partial charge on any atom is -0.494 e. The smallest absolute Gasteiger partial charge is 0.494 e. The number of hydrogen-bond donors (Lipinski definition) is 2. The summed E-state index contributed by atoms with van der Waals surface area (Å²) in [6, 6.07) is 20.8. The lowest BCUT2D eigenvalue weighted by Crippen LogP contribution is -2.24. The van der Waals surface area contributed by atoms with Crippen LogP contribution in [0.1, 0.15) is 35.3 Å². The Labute approximate surface area is 204 Å². The minimum atomic E-state index is -0.798. The zero-order valence-corrected chi connectivity index (χ0v) is 19.7. The van der Waals surface area contributed by atoms with Gasteiger partial charge in [0.25, 0.3) is 5.91 Å². The molecule has 35 heavy (non-hydrogen) atoms. The molecule has 3 rings (SSSR count). The Balaban J connectivity index is 1.50. The van der Waals surface area contributed by atoms with E-state index in [1.54, 1.807) is 37.3 Å². The van der Waals surface area contributed by atoms with Gasteiger partial charge in [-0.15, -0.1) is 0 Å². The number of anilines is 1. The van der Waals surface area contributed by atoms with E-state index in [0.29, 0.717) is 24.4 Å². The Morgan fingerprint density at radius 3 is 2.20 bits per heavy atom. The summed E-state index contributed by atoms with van der Waals surface area (Å²) < 4.78 is 15.1. The van der Waals surface area contributed by atoms with Crippen molar-refractivity contribution in [2.24, 2.45) is 0 Å². The second-order valence-electron chi connectivity index (χ2n) is 7.49. The topological polar surface area (TPSA) is 103 Å². The lowest BCUT2D eigenvalue weighted by Gasteiger charge is -2.10. The van der Waals surface area contributed by atoms with Crippen LogP contribution >= 0.6 is 0 Å². The molecule has 0 fully saturated rings. The Bertz CT molecular complexity index is 1140. The van der Waals surface area contributed by atoms with Crippen LogP contribution in [0.15, 0.2) is 72.8 Å². The molecule has 0 aliphatic rings. The highest BCUT2D eigenvalue weighted by molar-refractivity contribution is 6.04. The van der Waals surface area contributed by atoms with Crippen molar-refractivity contribution in [1.29, 1.82) is 0 Å². The molecule has 0 spiro atoms. The number of carbonyl (C=O) groups excluding carboxylic acids is 3. The van der Waals surface area contributed by atoms with Crippen LogP contribution in [-0.4, -0.2) is 31.2 Å². The van der Waals surface area contributed by atoms with Gasteiger partial charge in [0.05, 0.1) is 19.6 Å². The van der Waals surface area contributed by atoms with Crippen molar-refractivity contribution in [1.82, 2.24) is 5.32 Å². The van der Waals surface area contributed by atoms with Gasteiger partial charge in [0.15, 0.2) is 0 Å². The third-order valence-electron chi connectivity index (χ3n) is 4.85. The van der Waals surface area contributed by atoms with Gasteiger partial charge in [0, 0.05) is 17.8 Å². The van der Waals surface area contributed by atoms with Gasteiger partial charge >= 0.3 is 6.16 Å². The number of rotatable bonds is 10. The lowest BCUT2D eigenvalue weighted by atomic mass is 10.1. The highest BCUT2D eigenvalue weighted by Gasteiger charge is 2.10. The molecule has 0 heterocycles. The first kappa shape index (κ1) is 25.3. The zero-order chi connectivity index (χ0) is 25.0. The van der Waals surface area contributed by atoms with Crippen LogP contribution in [0.4, 0.5) is 10.5 Å². The second kappa shape index (κ2) is 12.8. The largest absolute Gasteiger partial charge is 0.513 e. The molecule has 3 aromatic rings. The maximum atomic E-state index is 12.6. The number of benzene rings is 3. The summed E-state index contributed by atoms with van der Waals surface area (Å²) in [5.41, 5.74) is 2.74. The van der Waals surface area contributed by atoms with Crippen LogP contribution in [0, 0.1) is 0 Å². The first-order valence-electron chi connectivity index (χ1n) is 11.3. The molecule has 0 aliphatic carbocycles. The fourth-order valence-corrected chi connectivity index (χ4v) is 3.20. The van der Waals surface area contributed by atoms with Gasteiger partial charge in [-0.2, -0.15) is 0 Å². The molecule has 3 aromatic carbocycles. The molecule has 0 bridgehead atoms. The van der Waals surface area contributed by atoms with E-state index >= 15 is 0 Å². The van der Waals surface area contributed by atoms with Gasteiger partial charge in [-0.05, 0) is 73.5 Å². The van der Waals surface area contributed by atoms with E-state index in [2.05, 4.69) is 10.6 Å². The molecular weight excluding hydrogens is 448 g/mol. The van der Waals surface area contributed by atoms with Crippen LogP contribution in [0.25, 0.3) is 0 Å². The predicted octanol–water partition coefficient (Wildman–Crippen LogP) is 4.73. The molecule has 2 amide bonds. The van der Waals surface area contributed by atoms with Crippen LogP contribution in [-0.2, 0) is 22.5 Å². The third-order valence-corrected chi connectivity index (χ3v) is 4.85. The van der Waals surface area contributed by atoms with Crippen LogP contribution < -0.4 is 20.1 Å². The minimum absolute atomic E-state index is 0.103. The van der Waals surface area contributed by atoms with Crippen molar-refractivity contribution >= 4 is 23.7 Å². The molecule has 182 valence electrons. The summed E-state index contributed by atoms with van der Waals surface area (Å²) >= 11 is 0. The van der Waals surface area contributed by atoms with Gasteiger partial charge in [-0.3, -0.25) is 9.59 Å². The van der Waals surface area contributed by atoms with Crippen molar-refractivity contribution in [3.63, 3.8) is 0 Å². The summed E-state index contributed by atoms with van der Waals surface area (Å²) in [5, 5.41) is 5.72. The maximum absolute atomic E-state index is 12.6. The number of ether oxygens (including phenoxy) is 3. The molecule has 2 N–H and O–H groups in total. The van der Waals surface area contributed by atoms with E-state index in [1.165, 1.54) is 12.1 Å².